The topological polar surface area (TPSA) is 252 Å². The van der Waals surface area contributed by atoms with Crippen LogP contribution in [0.5, 0.6) is 11.5 Å². The number of carbonyl (C=O) groups excluding carboxylic acids is 3. The number of carbonyl (C=O) groups is 3. The Morgan fingerprint density at radius 3 is 1.72 bits per heavy atom. The first kappa shape index (κ1) is 46.0. The number of quaternary nitrogens is 1. The number of piperidine rings is 1. The van der Waals surface area contributed by atoms with Crippen LogP contribution in [0.15, 0.2) is 48.5 Å². The van der Waals surface area contributed by atoms with Gasteiger partial charge in [-0.25, -0.2) is 26.8 Å². The number of ether oxygens (including phenoxy) is 2. The number of nitrogens with one attached hydrogen (secondary N) is 3. The Labute approximate surface area is 345 Å². The van der Waals surface area contributed by atoms with E-state index in [2.05, 4.69) is 25.9 Å². The van der Waals surface area contributed by atoms with E-state index in [0.29, 0.717) is 18.0 Å². The average Bonchev–Trinajstić information content (AvgIpc) is 3.15. The number of nitrogens with two attached hydrogens (primary N) is 2. The molecule has 1 fully saturated rings. The van der Waals surface area contributed by atoms with E-state index in [-0.39, 0.29) is 66.3 Å². The van der Waals surface area contributed by atoms with Crippen LogP contribution >= 0.6 is 11.6 Å². The van der Waals surface area contributed by atoms with Gasteiger partial charge < -0.3 is 41.4 Å². The summed E-state index contributed by atoms with van der Waals surface area (Å²) in [4.78, 5) is 45.4. The van der Waals surface area contributed by atoms with Crippen molar-refractivity contribution >= 4 is 60.6 Å². The van der Waals surface area contributed by atoms with Crippen molar-refractivity contribution in [3.63, 3.8) is 0 Å². The molecular formula is C38H54ClN8O9S2+. The summed E-state index contributed by atoms with van der Waals surface area (Å²) in [6.45, 7) is 2.99. The summed E-state index contributed by atoms with van der Waals surface area (Å²) in [5, 5.41) is 8.08. The number of nitrogen functional groups attached to an aromatic ring is 2. The molecule has 4 rings (SSSR count). The molecule has 7 N–H and O–H groups in total. The summed E-state index contributed by atoms with van der Waals surface area (Å²) in [6, 6.07) is 14.9. The molecule has 1 aliphatic heterocycles. The molecule has 1 saturated heterocycles. The molecule has 1 aromatic heterocycles. The largest absolute Gasteiger partial charge is 0.484 e. The minimum absolute atomic E-state index is 0.0265. The van der Waals surface area contributed by atoms with Gasteiger partial charge in [-0.1, -0.05) is 35.9 Å². The van der Waals surface area contributed by atoms with Gasteiger partial charge in [0.05, 0.1) is 43.7 Å². The first-order valence-corrected chi connectivity index (χ1v) is 23.5. The maximum atomic E-state index is 13.3. The molecule has 0 unspecified atom stereocenters. The fraction of sp³-hybridized carbons (Fsp3) is 0.500. The van der Waals surface area contributed by atoms with Gasteiger partial charge in [-0.3, -0.25) is 14.4 Å². The van der Waals surface area contributed by atoms with Crippen LogP contribution in [0.25, 0.3) is 0 Å². The summed E-state index contributed by atoms with van der Waals surface area (Å²) in [6.07, 6.45) is 7.27. The van der Waals surface area contributed by atoms with Gasteiger partial charge in [0.25, 0.3) is 17.7 Å². The Hall–Kier alpha value is -4.72. The molecular weight excluding hydrogens is 812 g/mol. The molecule has 318 valence electrons. The van der Waals surface area contributed by atoms with Gasteiger partial charge in [-0.05, 0) is 61.1 Å². The Morgan fingerprint density at radius 1 is 0.776 bits per heavy atom. The number of benzene rings is 2. The van der Waals surface area contributed by atoms with Crippen LogP contribution in [-0.4, -0.2) is 132 Å². The van der Waals surface area contributed by atoms with Crippen LogP contribution < -0.4 is 36.9 Å². The van der Waals surface area contributed by atoms with Crippen molar-refractivity contribution in [2.45, 2.75) is 44.6 Å². The summed E-state index contributed by atoms with van der Waals surface area (Å²) in [5.41, 5.74) is 13.8. The number of hydrogen-bond donors (Lipinski definition) is 5. The lowest BCUT2D eigenvalue weighted by atomic mass is 9.99. The van der Waals surface area contributed by atoms with Crippen molar-refractivity contribution in [1.29, 1.82) is 0 Å². The quantitative estimate of drug-likeness (QED) is 0.0896. The third-order valence-electron chi connectivity index (χ3n) is 9.62. The van der Waals surface area contributed by atoms with Gasteiger partial charge in [0.2, 0.25) is 0 Å². The number of likely N-dealkylation sites (tertiary alicyclic amines) is 1. The minimum Gasteiger partial charge on any atom is -0.484 e. The molecule has 0 bridgehead atoms. The van der Waals surface area contributed by atoms with E-state index in [1.807, 2.05) is 24.3 Å². The molecule has 3 aromatic rings. The second kappa shape index (κ2) is 21.3. The molecule has 2 aromatic carbocycles. The highest BCUT2D eigenvalue weighted by molar-refractivity contribution is 7.90. The minimum atomic E-state index is -3.17. The van der Waals surface area contributed by atoms with E-state index >= 15 is 0 Å². The summed E-state index contributed by atoms with van der Waals surface area (Å²) >= 11 is 6.05. The number of amides is 3. The average molecular weight is 866 g/mol. The molecule has 0 spiro atoms. The zero-order valence-electron chi connectivity index (χ0n) is 32.9. The number of aromatic nitrogens is 2. The number of hydrogen-bond acceptors (Lipinski definition) is 13. The standard InChI is InChI=1S/C38H53ClN8O9S2/c1-57(51,52)22-17-42-32(48)25-55-30-13-9-27(10-14-30)6-3-19-47(21-5-8-29(24-47)44-38(50)34-36(40)46-37(41)35(39)45-34)20-4-7-28-11-15-31(16-12-28)56-26-33(49)43-18-23-58(2,53)54/h9-16,29H,3-8,17-26H2,1-2H3,(H6-,40,41,42,43,44,46,48,49,50)/p+1/t29-/m0/s1. The van der Waals surface area contributed by atoms with Gasteiger partial charge in [0, 0.05) is 38.4 Å². The Bertz CT molecular complexity index is 1990. The smallest absolute Gasteiger partial charge is 0.274 e. The van der Waals surface area contributed by atoms with Crippen LogP contribution in [0.2, 0.25) is 5.15 Å². The van der Waals surface area contributed by atoms with Gasteiger partial charge >= 0.3 is 0 Å². The van der Waals surface area contributed by atoms with Crippen molar-refractivity contribution in [2.75, 3.05) is 88.0 Å². The third-order valence-corrected chi connectivity index (χ3v) is 11.8. The molecule has 2 heterocycles. The monoisotopic (exact) mass is 865 g/mol. The van der Waals surface area contributed by atoms with Gasteiger partial charge in [-0.2, -0.15) is 0 Å². The van der Waals surface area contributed by atoms with E-state index < -0.39 is 37.4 Å². The van der Waals surface area contributed by atoms with Crippen LogP contribution in [0.4, 0.5) is 11.6 Å². The lowest BCUT2D eigenvalue weighted by molar-refractivity contribution is -0.933. The van der Waals surface area contributed by atoms with Crippen LogP contribution in [0, 0.1) is 0 Å². The highest BCUT2D eigenvalue weighted by atomic mass is 35.5. The Balaban J connectivity index is 1.34. The van der Waals surface area contributed by atoms with Gasteiger partial charge in [0.15, 0.2) is 35.7 Å². The van der Waals surface area contributed by atoms with Gasteiger partial charge in [-0.15, -0.1) is 0 Å². The zero-order valence-corrected chi connectivity index (χ0v) is 35.3. The maximum absolute atomic E-state index is 13.3. The van der Waals surface area contributed by atoms with E-state index in [1.165, 1.54) is 0 Å². The van der Waals surface area contributed by atoms with E-state index in [4.69, 9.17) is 32.5 Å². The molecule has 1 aliphatic rings. The third kappa shape index (κ3) is 16.3. The fourth-order valence-corrected chi connectivity index (χ4v) is 7.79. The number of aryl methyl sites for hydroxylation is 2. The normalized spacial score (nSPS) is 15.3. The van der Waals surface area contributed by atoms with E-state index in [1.54, 1.807) is 24.3 Å². The lowest BCUT2D eigenvalue weighted by Gasteiger charge is -2.45. The predicted molar refractivity (Wildman–Crippen MR) is 222 cm³/mol. The molecule has 20 heteroatoms. The van der Waals surface area contributed by atoms with Crippen molar-refractivity contribution < 1.29 is 45.2 Å². The number of sulfone groups is 2. The summed E-state index contributed by atoms with van der Waals surface area (Å²) < 4.78 is 57.1. The lowest BCUT2D eigenvalue weighted by Crippen LogP contribution is -2.60. The summed E-state index contributed by atoms with van der Waals surface area (Å²) in [7, 11) is -6.35. The van der Waals surface area contributed by atoms with Crippen molar-refractivity contribution in [3.8, 4) is 11.5 Å². The second-order valence-electron chi connectivity index (χ2n) is 14.7. The highest BCUT2D eigenvalue weighted by Gasteiger charge is 2.35. The van der Waals surface area contributed by atoms with E-state index in [0.717, 1.165) is 86.3 Å². The number of rotatable bonds is 22. The molecule has 0 saturated carbocycles. The Kier molecular flexibility index (Phi) is 16.9. The molecule has 1 atom stereocenters. The maximum Gasteiger partial charge on any atom is 0.274 e. The summed E-state index contributed by atoms with van der Waals surface area (Å²) in [5.74, 6) is -0.630. The molecule has 58 heavy (non-hydrogen) atoms. The fourth-order valence-electron chi connectivity index (χ4n) is 6.71. The van der Waals surface area contributed by atoms with Gasteiger partial charge in [0.1, 0.15) is 31.2 Å². The first-order chi connectivity index (χ1) is 27.4. The molecule has 17 nitrogen and oxygen atoms in total. The molecule has 0 radical (unpaired) electrons. The number of halogens is 1. The number of nitrogens with zero attached hydrogens (tertiary/aromatic N) is 3. The zero-order chi connectivity index (χ0) is 42.3. The predicted octanol–water partition coefficient (Wildman–Crippen LogP) is 1.35. The second-order valence-corrected chi connectivity index (χ2v) is 19.6. The van der Waals surface area contributed by atoms with E-state index in [9.17, 15) is 31.2 Å². The first-order valence-electron chi connectivity index (χ1n) is 19.0. The number of anilines is 2. The van der Waals surface area contributed by atoms with Crippen LogP contribution in [0.3, 0.4) is 0 Å². The van der Waals surface area contributed by atoms with Crippen LogP contribution in [-0.2, 0) is 42.1 Å². The van der Waals surface area contributed by atoms with Crippen molar-refractivity contribution in [1.82, 2.24) is 25.9 Å². The molecule has 3 amide bonds. The SMILES string of the molecule is CS(=O)(=O)CCNC(=O)COc1ccc(CCC[N+]2(CCCc3ccc(OCC(=O)NCCS(C)(=O)=O)cc3)CCC[C@H](NC(=O)c3nc(Cl)c(N)nc3N)C2)cc1. The van der Waals surface area contributed by atoms with Crippen molar-refractivity contribution in [2.24, 2.45) is 0 Å². The Morgan fingerprint density at radius 2 is 1.26 bits per heavy atom. The molecule has 0 aliphatic carbocycles. The highest BCUT2D eigenvalue weighted by Crippen LogP contribution is 2.25. The van der Waals surface area contributed by atoms with Crippen molar-refractivity contribution in [3.05, 3.63) is 70.5 Å². The van der Waals surface area contributed by atoms with Crippen LogP contribution in [0.1, 0.15) is 47.3 Å².